The zero-order valence-corrected chi connectivity index (χ0v) is 18.7. The molecule has 0 radical (unpaired) electrons. The minimum absolute atomic E-state index is 0.348. The number of rotatable bonds is 8. The van der Waals surface area contributed by atoms with Gasteiger partial charge in [0.1, 0.15) is 0 Å². The first kappa shape index (κ1) is 21.3. The van der Waals surface area contributed by atoms with Gasteiger partial charge in [0, 0.05) is 22.8 Å². The summed E-state index contributed by atoms with van der Waals surface area (Å²) in [5, 5.41) is 11.4. The number of sulfone groups is 1. The van der Waals surface area contributed by atoms with Crippen molar-refractivity contribution in [1.29, 1.82) is 0 Å². The fourth-order valence-corrected chi connectivity index (χ4v) is 5.91. The molecule has 0 unspecified atom stereocenters. The Balaban J connectivity index is 2.10. The predicted molar refractivity (Wildman–Crippen MR) is 118 cm³/mol. The van der Waals surface area contributed by atoms with Crippen molar-refractivity contribution in [2.75, 3.05) is 5.32 Å². The molecule has 1 aromatic carbocycles. The average molecular weight is 415 g/mol. The third kappa shape index (κ3) is 3.88. The van der Waals surface area contributed by atoms with Crippen molar-refractivity contribution < 1.29 is 8.42 Å². The second kappa shape index (κ2) is 8.14. The average Bonchev–Trinajstić information content (AvgIpc) is 3.00. The summed E-state index contributed by atoms with van der Waals surface area (Å²) < 4.78 is 26.3. The molecule has 0 fully saturated rings. The molecule has 0 aliphatic heterocycles. The molecule has 2 N–H and O–H groups in total. The fourth-order valence-electron chi connectivity index (χ4n) is 3.87. The van der Waals surface area contributed by atoms with Crippen molar-refractivity contribution in [3.05, 3.63) is 41.7 Å². The van der Waals surface area contributed by atoms with Gasteiger partial charge in [-0.15, -0.1) is 0 Å². The molecule has 156 valence electrons. The standard InChI is InChI=1S/C22H30N4O2S/c1-6-11-22(5,12-7-2)29(27,28)17-8-9-19-18(14-17)20(10-13-23-19)24-21-15(3)16(4)25-26-21/h8-10,13-14H,6-7,11-12H2,1-5H3,(H2,23,24,25,26). The predicted octanol–water partition coefficient (Wildman–Crippen LogP) is 5.45. The Morgan fingerprint density at radius 1 is 1.10 bits per heavy atom. The van der Waals surface area contributed by atoms with Crippen LogP contribution in [0, 0.1) is 13.8 Å². The van der Waals surface area contributed by atoms with Crippen molar-refractivity contribution in [3.63, 3.8) is 0 Å². The minimum atomic E-state index is -3.49. The smallest absolute Gasteiger partial charge is 0.183 e. The first-order valence-electron chi connectivity index (χ1n) is 10.2. The number of hydrogen-bond donors (Lipinski definition) is 2. The maximum absolute atomic E-state index is 13.5. The number of aryl methyl sites for hydroxylation is 1. The Labute approximate surface area is 173 Å². The second-order valence-electron chi connectivity index (χ2n) is 7.94. The van der Waals surface area contributed by atoms with Crippen LogP contribution in [-0.4, -0.2) is 28.3 Å². The van der Waals surface area contributed by atoms with E-state index in [0.29, 0.717) is 17.7 Å². The number of nitrogens with zero attached hydrogens (tertiary/aromatic N) is 2. The molecular formula is C22H30N4O2S. The van der Waals surface area contributed by atoms with Crippen LogP contribution in [0.3, 0.4) is 0 Å². The Kier molecular flexibility index (Phi) is 5.98. The summed E-state index contributed by atoms with van der Waals surface area (Å²) in [6.45, 7) is 9.89. The van der Waals surface area contributed by atoms with Gasteiger partial charge in [-0.05, 0) is 57.9 Å². The van der Waals surface area contributed by atoms with Gasteiger partial charge >= 0.3 is 0 Å². The summed E-state index contributed by atoms with van der Waals surface area (Å²) in [6.07, 6.45) is 4.66. The molecule has 3 aromatic rings. The Morgan fingerprint density at radius 3 is 2.38 bits per heavy atom. The van der Waals surface area contributed by atoms with Crippen LogP contribution in [0.2, 0.25) is 0 Å². The summed E-state index contributed by atoms with van der Waals surface area (Å²) in [7, 11) is -3.49. The van der Waals surface area contributed by atoms with E-state index in [-0.39, 0.29) is 0 Å². The SMILES string of the molecule is CCCC(C)(CCC)S(=O)(=O)c1ccc2nccc(Nc3n[nH]c(C)c3C)c2c1. The van der Waals surface area contributed by atoms with Crippen LogP contribution in [0.15, 0.2) is 35.4 Å². The molecule has 0 aliphatic rings. The van der Waals surface area contributed by atoms with Crippen LogP contribution >= 0.6 is 0 Å². The van der Waals surface area contributed by atoms with Gasteiger partial charge in [-0.3, -0.25) is 10.1 Å². The fraction of sp³-hybridized carbons (Fsp3) is 0.455. The van der Waals surface area contributed by atoms with Gasteiger partial charge < -0.3 is 5.32 Å². The molecule has 6 nitrogen and oxygen atoms in total. The van der Waals surface area contributed by atoms with Crippen LogP contribution in [0.1, 0.15) is 57.7 Å². The molecule has 0 atom stereocenters. The number of pyridine rings is 1. The second-order valence-corrected chi connectivity index (χ2v) is 10.4. The van der Waals surface area contributed by atoms with E-state index in [1.807, 2.05) is 40.7 Å². The molecule has 0 aliphatic carbocycles. The lowest BCUT2D eigenvalue weighted by Gasteiger charge is -2.29. The summed E-state index contributed by atoms with van der Waals surface area (Å²) in [4.78, 5) is 4.75. The van der Waals surface area contributed by atoms with Crippen LogP contribution in [0.4, 0.5) is 11.5 Å². The van der Waals surface area contributed by atoms with Gasteiger partial charge in [-0.25, -0.2) is 8.42 Å². The highest BCUT2D eigenvalue weighted by molar-refractivity contribution is 7.92. The number of H-pyrrole nitrogens is 1. The molecule has 2 heterocycles. The first-order chi connectivity index (χ1) is 13.7. The summed E-state index contributed by atoms with van der Waals surface area (Å²) in [5.41, 5.74) is 3.54. The Bertz CT molecular complexity index is 1110. The highest BCUT2D eigenvalue weighted by atomic mass is 32.2. The molecule has 0 bridgehead atoms. The monoisotopic (exact) mass is 414 g/mol. The third-order valence-corrected chi connectivity index (χ3v) is 8.32. The highest BCUT2D eigenvalue weighted by Gasteiger charge is 2.38. The molecule has 0 saturated carbocycles. The van der Waals surface area contributed by atoms with E-state index >= 15 is 0 Å². The quantitative estimate of drug-likeness (QED) is 0.512. The van der Waals surface area contributed by atoms with E-state index < -0.39 is 14.6 Å². The van der Waals surface area contributed by atoms with E-state index in [2.05, 4.69) is 20.5 Å². The van der Waals surface area contributed by atoms with E-state index in [9.17, 15) is 8.42 Å². The molecule has 0 amide bonds. The van der Waals surface area contributed by atoms with Crippen LogP contribution in [0.5, 0.6) is 0 Å². The molecule has 29 heavy (non-hydrogen) atoms. The number of aromatic nitrogens is 3. The number of fused-ring (bicyclic) bond motifs is 1. The third-order valence-electron chi connectivity index (χ3n) is 5.74. The van der Waals surface area contributed by atoms with E-state index in [0.717, 1.165) is 46.5 Å². The lowest BCUT2D eigenvalue weighted by atomic mass is 10.00. The zero-order chi connectivity index (χ0) is 21.2. The summed E-state index contributed by atoms with van der Waals surface area (Å²) in [5.74, 6) is 0.727. The first-order valence-corrected chi connectivity index (χ1v) is 11.6. The molecular weight excluding hydrogens is 384 g/mol. The van der Waals surface area contributed by atoms with Crippen molar-refractivity contribution in [3.8, 4) is 0 Å². The molecule has 2 aromatic heterocycles. The van der Waals surface area contributed by atoms with Gasteiger partial charge in [0.2, 0.25) is 0 Å². The molecule has 7 heteroatoms. The van der Waals surface area contributed by atoms with E-state index in [4.69, 9.17) is 0 Å². The van der Waals surface area contributed by atoms with Crippen LogP contribution < -0.4 is 5.32 Å². The Hall–Kier alpha value is -2.41. The van der Waals surface area contributed by atoms with Crippen LogP contribution in [0.25, 0.3) is 10.9 Å². The lowest BCUT2D eigenvalue weighted by Crippen LogP contribution is -2.35. The number of nitrogens with one attached hydrogen (secondary N) is 2. The van der Waals surface area contributed by atoms with Crippen molar-refractivity contribution in [1.82, 2.24) is 15.2 Å². The largest absolute Gasteiger partial charge is 0.338 e. The van der Waals surface area contributed by atoms with E-state index in [1.54, 1.807) is 24.4 Å². The summed E-state index contributed by atoms with van der Waals surface area (Å²) in [6, 6.07) is 7.06. The highest BCUT2D eigenvalue weighted by Crippen LogP contribution is 2.36. The Morgan fingerprint density at radius 2 is 1.79 bits per heavy atom. The number of aromatic amines is 1. The lowest BCUT2D eigenvalue weighted by molar-refractivity contribution is 0.470. The number of hydrogen-bond acceptors (Lipinski definition) is 5. The minimum Gasteiger partial charge on any atom is -0.338 e. The van der Waals surface area contributed by atoms with Gasteiger partial charge in [0.15, 0.2) is 15.7 Å². The van der Waals surface area contributed by atoms with Gasteiger partial charge in [-0.2, -0.15) is 5.10 Å². The normalized spacial score (nSPS) is 12.4. The zero-order valence-electron chi connectivity index (χ0n) is 17.8. The molecule has 3 rings (SSSR count). The molecule has 0 saturated heterocycles. The van der Waals surface area contributed by atoms with Crippen molar-refractivity contribution in [2.24, 2.45) is 0 Å². The van der Waals surface area contributed by atoms with Gasteiger partial charge in [-0.1, -0.05) is 26.7 Å². The van der Waals surface area contributed by atoms with Crippen LogP contribution in [-0.2, 0) is 9.84 Å². The van der Waals surface area contributed by atoms with Crippen molar-refractivity contribution in [2.45, 2.75) is 69.9 Å². The summed E-state index contributed by atoms with van der Waals surface area (Å²) >= 11 is 0. The number of anilines is 2. The topological polar surface area (TPSA) is 87.7 Å². The van der Waals surface area contributed by atoms with Gasteiger partial charge in [0.05, 0.1) is 20.8 Å². The molecule has 0 spiro atoms. The van der Waals surface area contributed by atoms with Crippen molar-refractivity contribution >= 4 is 32.2 Å². The van der Waals surface area contributed by atoms with E-state index in [1.165, 1.54) is 0 Å². The number of benzene rings is 1. The maximum Gasteiger partial charge on any atom is 0.183 e. The maximum atomic E-state index is 13.5. The van der Waals surface area contributed by atoms with Gasteiger partial charge in [0.25, 0.3) is 0 Å².